The molecule has 2 unspecified atom stereocenters. The second-order valence-corrected chi connectivity index (χ2v) is 6.49. The molecule has 6 atom stereocenters. The molecule has 160 valence electrons. The molecule has 1 fully saturated rings. The molecule has 1 saturated heterocycles. The molecule has 1 heterocycles. The Morgan fingerprint density at radius 3 is 1.61 bits per heavy atom. The molecule has 0 bridgehead atoms. The SMILES string of the molecule is O=C(O)CC(O)[C@H]1OC(O)[C@@](O)(CC(=O)O)[C@](O)(CC(=O)O)[C@@]1(O)CC(=O)O. The Morgan fingerprint density at radius 1 is 0.786 bits per heavy atom. The number of aliphatic hydroxyl groups excluding tert-OH is 2. The third-order valence-electron chi connectivity index (χ3n) is 4.57. The predicted molar refractivity (Wildman–Crippen MR) is 80.7 cm³/mol. The third kappa shape index (κ3) is 4.06. The average molecular weight is 412 g/mol. The van der Waals surface area contributed by atoms with E-state index in [1.54, 1.807) is 0 Å². The summed E-state index contributed by atoms with van der Waals surface area (Å²) in [4.78, 5) is 44.3. The van der Waals surface area contributed by atoms with E-state index in [2.05, 4.69) is 0 Å². The second-order valence-electron chi connectivity index (χ2n) is 6.49. The van der Waals surface area contributed by atoms with Crippen molar-refractivity contribution in [1.82, 2.24) is 0 Å². The maximum atomic E-state index is 11.2. The van der Waals surface area contributed by atoms with Gasteiger partial charge in [0.05, 0.1) is 31.8 Å². The van der Waals surface area contributed by atoms with Crippen LogP contribution in [0.3, 0.4) is 0 Å². The van der Waals surface area contributed by atoms with Gasteiger partial charge in [0.2, 0.25) is 0 Å². The van der Waals surface area contributed by atoms with Crippen molar-refractivity contribution in [2.75, 3.05) is 0 Å². The number of carboxylic acids is 4. The summed E-state index contributed by atoms with van der Waals surface area (Å²) in [7, 11) is 0. The van der Waals surface area contributed by atoms with Gasteiger partial charge in [-0.15, -0.1) is 0 Å². The van der Waals surface area contributed by atoms with Crippen LogP contribution in [0.15, 0.2) is 0 Å². The van der Waals surface area contributed by atoms with E-state index in [9.17, 15) is 44.7 Å². The van der Waals surface area contributed by atoms with E-state index < -0.39 is 84.9 Å². The van der Waals surface area contributed by atoms with Gasteiger partial charge in [-0.2, -0.15) is 0 Å². The normalized spacial score (nSPS) is 36.5. The summed E-state index contributed by atoms with van der Waals surface area (Å²) < 4.78 is 4.72. The first kappa shape index (κ1) is 23.7. The summed E-state index contributed by atoms with van der Waals surface area (Å²) in [6, 6.07) is 0. The zero-order valence-corrected chi connectivity index (χ0v) is 14.1. The van der Waals surface area contributed by atoms with Crippen molar-refractivity contribution >= 4 is 23.9 Å². The smallest absolute Gasteiger partial charge is 0.306 e. The lowest BCUT2D eigenvalue weighted by molar-refractivity contribution is -0.401. The van der Waals surface area contributed by atoms with Gasteiger partial charge in [-0.05, 0) is 0 Å². The van der Waals surface area contributed by atoms with E-state index in [4.69, 9.17) is 25.2 Å². The minimum atomic E-state index is -3.59. The number of hydrogen-bond acceptors (Lipinski definition) is 10. The lowest BCUT2D eigenvalue weighted by Crippen LogP contribution is -2.82. The van der Waals surface area contributed by atoms with Crippen LogP contribution in [0.25, 0.3) is 0 Å². The highest BCUT2D eigenvalue weighted by Crippen LogP contribution is 2.50. The van der Waals surface area contributed by atoms with Crippen molar-refractivity contribution in [2.45, 2.75) is 61.0 Å². The maximum absolute atomic E-state index is 11.2. The van der Waals surface area contributed by atoms with Gasteiger partial charge in [-0.3, -0.25) is 19.2 Å². The zero-order chi connectivity index (χ0) is 22.1. The van der Waals surface area contributed by atoms with Crippen LogP contribution in [-0.4, -0.2) is 105 Å². The Morgan fingerprint density at radius 2 is 1.21 bits per heavy atom. The first-order valence-electron chi connectivity index (χ1n) is 7.66. The highest BCUT2D eigenvalue weighted by atomic mass is 16.6. The molecule has 1 rings (SSSR count). The molecule has 0 aromatic rings. The number of hydrogen-bond donors (Lipinski definition) is 9. The van der Waals surface area contributed by atoms with Gasteiger partial charge < -0.3 is 50.7 Å². The summed E-state index contributed by atoms with van der Waals surface area (Å²) in [6.45, 7) is 0. The van der Waals surface area contributed by atoms with Gasteiger partial charge in [0.15, 0.2) is 11.9 Å². The first-order valence-corrected chi connectivity index (χ1v) is 7.66. The minimum Gasteiger partial charge on any atom is -0.481 e. The van der Waals surface area contributed by atoms with E-state index in [1.807, 2.05) is 0 Å². The highest BCUT2D eigenvalue weighted by molar-refractivity contribution is 5.74. The number of carbonyl (C=O) groups is 4. The Hall–Kier alpha value is -2.36. The van der Waals surface area contributed by atoms with Crippen LogP contribution in [0.5, 0.6) is 0 Å². The number of ether oxygens (including phenoxy) is 1. The second kappa shape index (κ2) is 7.94. The lowest BCUT2D eigenvalue weighted by Gasteiger charge is -2.59. The average Bonchev–Trinajstić information content (AvgIpc) is 2.47. The molecule has 14 nitrogen and oxygen atoms in total. The molecule has 0 radical (unpaired) electrons. The summed E-state index contributed by atoms with van der Waals surface area (Å²) in [5.41, 5.74) is -10.5. The molecule has 0 amide bonds. The van der Waals surface area contributed by atoms with Gasteiger partial charge >= 0.3 is 23.9 Å². The standard InChI is InChI=1S/C14H20O14/c15-5(1-6(16)17)10-12(25,2-7(18)19)14(27,4-9(22)23)13(26,3-8(20)21)11(24)28-10/h5,10-11,15,24-27H,1-4H2,(H,16,17)(H,18,19)(H,20,21)(H,22,23)/t5?,10-,11?,12-,13+,14+/m1/s1. The van der Waals surface area contributed by atoms with E-state index in [-0.39, 0.29) is 0 Å². The Labute approximate surface area is 155 Å². The molecule has 0 spiro atoms. The minimum absolute atomic E-state index is 1.19. The molecule has 0 aromatic heterocycles. The third-order valence-corrected chi connectivity index (χ3v) is 4.57. The number of aliphatic carboxylic acids is 4. The van der Waals surface area contributed by atoms with Crippen molar-refractivity contribution in [3.05, 3.63) is 0 Å². The van der Waals surface area contributed by atoms with E-state index in [0.29, 0.717) is 0 Å². The molecular weight excluding hydrogens is 392 g/mol. The molecule has 0 aliphatic carbocycles. The van der Waals surface area contributed by atoms with E-state index in [0.717, 1.165) is 0 Å². The van der Waals surface area contributed by atoms with E-state index >= 15 is 0 Å². The van der Waals surface area contributed by atoms with Crippen LogP contribution in [0.4, 0.5) is 0 Å². The van der Waals surface area contributed by atoms with Crippen LogP contribution >= 0.6 is 0 Å². The molecular formula is C14H20O14. The fraction of sp³-hybridized carbons (Fsp3) is 0.714. The molecule has 9 N–H and O–H groups in total. The van der Waals surface area contributed by atoms with Crippen LogP contribution < -0.4 is 0 Å². The molecule has 14 heteroatoms. The van der Waals surface area contributed by atoms with Gasteiger partial charge in [0.1, 0.15) is 17.3 Å². The van der Waals surface area contributed by atoms with Crippen molar-refractivity contribution in [2.24, 2.45) is 0 Å². The summed E-state index contributed by atoms with van der Waals surface area (Å²) in [6.07, 6.45) is -13.5. The fourth-order valence-corrected chi connectivity index (χ4v) is 3.34. The molecule has 28 heavy (non-hydrogen) atoms. The summed E-state index contributed by atoms with van der Waals surface area (Å²) in [5.74, 6) is -7.42. The Kier molecular flexibility index (Phi) is 6.72. The predicted octanol–water partition coefficient (Wildman–Crippen LogP) is -3.84. The van der Waals surface area contributed by atoms with Crippen molar-refractivity contribution in [3.63, 3.8) is 0 Å². The topological polar surface area (TPSA) is 260 Å². The van der Waals surface area contributed by atoms with Gasteiger partial charge in [0, 0.05) is 0 Å². The van der Waals surface area contributed by atoms with Crippen molar-refractivity contribution in [1.29, 1.82) is 0 Å². The van der Waals surface area contributed by atoms with E-state index in [1.165, 1.54) is 0 Å². The van der Waals surface area contributed by atoms with Gasteiger partial charge in [-0.25, -0.2) is 0 Å². The first-order chi connectivity index (χ1) is 12.6. The van der Waals surface area contributed by atoms with Crippen LogP contribution in [0.1, 0.15) is 25.7 Å². The number of aliphatic hydroxyl groups is 5. The van der Waals surface area contributed by atoms with Crippen molar-refractivity contribution < 1.29 is 69.9 Å². The number of carboxylic acid groups (broad SMARTS) is 4. The number of rotatable bonds is 9. The lowest BCUT2D eigenvalue weighted by atomic mass is 9.60. The molecule has 0 saturated carbocycles. The fourth-order valence-electron chi connectivity index (χ4n) is 3.34. The molecule has 1 aliphatic heterocycles. The summed E-state index contributed by atoms with van der Waals surface area (Å²) >= 11 is 0. The van der Waals surface area contributed by atoms with Crippen LogP contribution in [0, 0.1) is 0 Å². The quantitative estimate of drug-likeness (QED) is 0.176. The monoisotopic (exact) mass is 412 g/mol. The Bertz CT molecular complexity index is 662. The zero-order valence-electron chi connectivity index (χ0n) is 14.1. The van der Waals surface area contributed by atoms with Gasteiger partial charge in [0.25, 0.3) is 0 Å². The molecule has 0 aromatic carbocycles. The Balaban J connectivity index is 3.71. The van der Waals surface area contributed by atoms with Crippen LogP contribution in [0.2, 0.25) is 0 Å². The van der Waals surface area contributed by atoms with Gasteiger partial charge in [-0.1, -0.05) is 0 Å². The largest absolute Gasteiger partial charge is 0.481 e. The highest BCUT2D eigenvalue weighted by Gasteiger charge is 2.74. The molecule has 1 aliphatic rings. The maximum Gasteiger partial charge on any atom is 0.306 e. The summed E-state index contributed by atoms with van der Waals surface area (Å²) in [5, 5.41) is 88.3. The van der Waals surface area contributed by atoms with Crippen LogP contribution in [-0.2, 0) is 23.9 Å². The van der Waals surface area contributed by atoms with Crippen molar-refractivity contribution in [3.8, 4) is 0 Å².